The molecule has 0 saturated heterocycles. The zero-order chi connectivity index (χ0) is 10.8. The Balaban J connectivity index is 2.63. The molecule has 0 unspecified atom stereocenters. The Morgan fingerprint density at radius 1 is 1.33 bits per heavy atom. The van der Waals surface area contributed by atoms with E-state index in [0.717, 1.165) is 11.3 Å². The van der Waals surface area contributed by atoms with Gasteiger partial charge in [-0.15, -0.1) is 0 Å². The van der Waals surface area contributed by atoms with Crippen molar-refractivity contribution in [3.8, 4) is 11.1 Å². The number of benzene rings is 1. The standard InChI is InChI=1S/C11H10N2O2/c1-7-10(6-12-13-7)8-4-2-3-5-9(8)11(14)15/h2-6H,1H3,(H,12,13)(H,14,15). The van der Waals surface area contributed by atoms with Crippen molar-refractivity contribution in [2.45, 2.75) is 6.92 Å². The van der Waals surface area contributed by atoms with Crippen molar-refractivity contribution >= 4 is 5.97 Å². The predicted molar refractivity (Wildman–Crippen MR) is 55.7 cm³/mol. The van der Waals surface area contributed by atoms with Crippen molar-refractivity contribution in [2.24, 2.45) is 0 Å². The molecule has 0 bridgehead atoms. The first-order chi connectivity index (χ1) is 7.20. The molecule has 0 aliphatic heterocycles. The summed E-state index contributed by atoms with van der Waals surface area (Å²) < 4.78 is 0. The van der Waals surface area contributed by atoms with Crippen molar-refractivity contribution in [3.63, 3.8) is 0 Å². The Morgan fingerprint density at radius 2 is 2.07 bits per heavy atom. The Hall–Kier alpha value is -2.10. The van der Waals surface area contributed by atoms with E-state index >= 15 is 0 Å². The van der Waals surface area contributed by atoms with Crippen LogP contribution in [-0.2, 0) is 0 Å². The molecule has 0 amide bonds. The number of aryl methyl sites for hydroxylation is 1. The molecule has 2 N–H and O–H groups in total. The third-order valence-electron chi connectivity index (χ3n) is 2.28. The van der Waals surface area contributed by atoms with Crippen LogP contribution >= 0.6 is 0 Å². The van der Waals surface area contributed by atoms with Crippen LogP contribution in [0, 0.1) is 6.92 Å². The van der Waals surface area contributed by atoms with E-state index in [1.54, 1.807) is 24.4 Å². The van der Waals surface area contributed by atoms with E-state index in [2.05, 4.69) is 10.2 Å². The van der Waals surface area contributed by atoms with Gasteiger partial charge in [-0.25, -0.2) is 4.79 Å². The van der Waals surface area contributed by atoms with Crippen LogP contribution in [0.15, 0.2) is 30.5 Å². The third-order valence-corrected chi connectivity index (χ3v) is 2.28. The first kappa shape index (κ1) is 9.45. The molecule has 2 aromatic rings. The second kappa shape index (κ2) is 3.57. The summed E-state index contributed by atoms with van der Waals surface area (Å²) in [5, 5.41) is 15.7. The zero-order valence-electron chi connectivity index (χ0n) is 8.19. The number of aromatic amines is 1. The van der Waals surface area contributed by atoms with Gasteiger partial charge >= 0.3 is 5.97 Å². The maximum absolute atomic E-state index is 11.0. The first-order valence-electron chi connectivity index (χ1n) is 4.53. The van der Waals surface area contributed by atoms with Crippen LogP contribution in [0.2, 0.25) is 0 Å². The molecule has 0 spiro atoms. The second-order valence-electron chi connectivity index (χ2n) is 3.26. The molecule has 0 aliphatic rings. The highest BCUT2D eigenvalue weighted by atomic mass is 16.4. The molecule has 76 valence electrons. The summed E-state index contributed by atoms with van der Waals surface area (Å²) in [6, 6.07) is 6.89. The van der Waals surface area contributed by atoms with Gasteiger partial charge in [-0.2, -0.15) is 5.10 Å². The topological polar surface area (TPSA) is 66.0 Å². The number of hydrogen-bond donors (Lipinski definition) is 2. The lowest BCUT2D eigenvalue weighted by atomic mass is 10.0. The predicted octanol–water partition coefficient (Wildman–Crippen LogP) is 2.08. The van der Waals surface area contributed by atoms with Gasteiger partial charge in [0.25, 0.3) is 0 Å². The zero-order valence-corrected chi connectivity index (χ0v) is 8.19. The molecule has 0 aliphatic carbocycles. The van der Waals surface area contributed by atoms with Gasteiger partial charge < -0.3 is 5.11 Å². The van der Waals surface area contributed by atoms with Crippen LogP contribution in [0.5, 0.6) is 0 Å². The van der Waals surface area contributed by atoms with Gasteiger partial charge in [0.15, 0.2) is 0 Å². The lowest BCUT2D eigenvalue weighted by Crippen LogP contribution is -1.99. The van der Waals surface area contributed by atoms with E-state index in [1.807, 2.05) is 13.0 Å². The number of hydrogen-bond acceptors (Lipinski definition) is 2. The number of carbonyl (C=O) groups is 1. The lowest BCUT2D eigenvalue weighted by Gasteiger charge is -2.03. The summed E-state index contributed by atoms with van der Waals surface area (Å²) in [5.41, 5.74) is 2.68. The van der Waals surface area contributed by atoms with Crippen LogP contribution < -0.4 is 0 Å². The number of aromatic carboxylic acids is 1. The van der Waals surface area contributed by atoms with Crippen LogP contribution in [0.4, 0.5) is 0 Å². The van der Waals surface area contributed by atoms with Gasteiger partial charge in [-0.1, -0.05) is 18.2 Å². The maximum atomic E-state index is 11.0. The van der Waals surface area contributed by atoms with Crippen LogP contribution in [0.3, 0.4) is 0 Å². The van der Waals surface area contributed by atoms with Crippen molar-refractivity contribution in [2.75, 3.05) is 0 Å². The van der Waals surface area contributed by atoms with Gasteiger partial charge in [0.2, 0.25) is 0 Å². The molecular formula is C11H10N2O2. The Labute approximate surface area is 86.6 Å². The van der Waals surface area contributed by atoms with E-state index in [0.29, 0.717) is 11.1 Å². The van der Waals surface area contributed by atoms with Crippen molar-refractivity contribution in [1.29, 1.82) is 0 Å². The average molecular weight is 202 g/mol. The van der Waals surface area contributed by atoms with Crippen molar-refractivity contribution in [1.82, 2.24) is 10.2 Å². The molecule has 2 rings (SSSR count). The number of carboxylic acids is 1. The smallest absolute Gasteiger partial charge is 0.336 e. The quantitative estimate of drug-likeness (QED) is 0.783. The van der Waals surface area contributed by atoms with E-state index in [9.17, 15) is 4.79 Å². The first-order valence-corrected chi connectivity index (χ1v) is 4.53. The number of rotatable bonds is 2. The van der Waals surface area contributed by atoms with Gasteiger partial charge in [0.1, 0.15) is 0 Å². The second-order valence-corrected chi connectivity index (χ2v) is 3.26. The minimum atomic E-state index is -0.925. The highest BCUT2D eigenvalue weighted by Gasteiger charge is 2.12. The Kier molecular flexibility index (Phi) is 2.25. The number of aromatic nitrogens is 2. The SMILES string of the molecule is Cc1[nH]ncc1-c1ccccc1C(=O)O. The molecule has 0 saturated carbocycles. The summed E-state index contributed by atoms with van der Waals surface area (Å²) in [7, 11) is 0. The lowest BCUT2D eigenvalue weighted by molar-refractivity contribution is 0.0698. The fraction of sp³-hybridized carbons (Fsp3) is 0.0909. The largest absolute Gasteiger partial charge is 0.478 e. The third kappa shape index (κ3) is 1.61. The summed E-state index contributed by atoms with van der Waals surface area (Å²) in [5.74, 6) is -0.925. The van der Waals surface area contributed by atoms with Gasteiger partial charge in [-0.05, 0) is 18.6 Å². The summed E-state index contributed by atoms with van der Waals surface area (Å²) in [4.78, 5) is 11.0. The van der Waals surface area contributed by atoms with Crippen molar-refractivity contribution in [3.05, 3.63) is 41.7 Å². The van der Waals surface area contributed by atoms with E-state index in [4.69, 9.17) is 5.11 Å². The summed E-state index contributed by atoms with van der Waals surface area (Å²) in [6.07, 6.45) is 1.64. The molecule has 0 fully saturated rings. The molecule has 1 aromatic carbocycles. The number of carboxylic acid groups (broad SMARTS) is 1. The highest BCUT2D eigenvalue weighted by molar-refractivity contribution is 5.96. The van der Waals surface area contributed by atoms with Crippen LogP contribution in [0.1, 0.15) is 16.1 Å². The molecule has 15 heavy (non-hydrogen) atoms. The molecule has 4 heteroatoms. The highest BCUT2D eigenvalue weighted by Crippen LogP contribution is 2.25. The Bertz CT molecular complexity index is 503. The average Bonchev–Trinajstić information content (AvgIpc) is 2.64. The normalized spacial score (nSPS) is 10.2. The fourth-order valence-corrected chi connectivity index (χ4v) is 1.53. The van der Waals surface area contributed by atoms with E-state index in [-0.39, 0.29) is 0 Å². The van der Waals surface area contributed by atoms with Crippen molar-refractivity contribution < 1.29 is 9.90 Å². The molecule has 4 nitrogen and oxygen atoms in total. The van der Waals surface area contributed by atoms with Crippen LogP contribution in [0.25, 0.3) is 11.1 Å². The minimum absolute atomic E-state index is 0.294. The summed E-state index contributed by atoms with van der Waals surface area (Å²) >= 11 is 0. The van der Waals surface area contributed by atoms with E-state index in [1.165, 1.54) is 0 Å². The van der Waals surface area contributed by atoms with Gasteiger partial charge in [0, 0.05) is 11.3 Å². The summed E-state index contributed by atoms with van der Waals surface area (Å²) in [6.45, 7) is 1.86. The fourth-order valence-electron chi connectivity index (χ4n) is 1.53. The molecule has 0 radical (unpaired) electrons. The Morgan fingerprint density at radius 3 is 2.67 bits per heavy atom. The van der Waals surface area contributed by atoms with E-state index < -0.39 is 5.97 Å². The number of H-pyrrole nitrogens is 1. The molecule has 0 atom stereocenters. The van der Waals surface area contributed by atoms with Crippen LogP contribution in [-0.4, -0.2) is 21.3 Å². The van der Waals surface area contributed by atoms with Gasteiger partial charge in [-0.3, -0.25) is 5.10 Å². The van der Waals surface area contributed by atoms with Gasteiger partial charge in [0.05, 0.1) is 11.8 Å². The maximum Gasteiger partial charge on any atom is 0.336 e. The molecule has 1 aromatic heterocycles. The monoisotopic (exact) mass is 202 g/mol. The molecular weight excluding hydrogens is 192 g/mol. The number of nitrogens with one attached hydrogen (secondary N) is 1. The molecule has 1 heterocycles. The number of nitrogens with zero attached hydrogens (tertiary/aromatic N) is 1. The minimum Gasteiger partial charge on any atom is -0.478 e.